The van der Waals surface area contributed by atoms with Crippen LogP contribution in [0.15, 0.2) is 30.5 Å². The van der Waals surface area contributed by atoms with Crippen LogP contribution >= 0.6 is 11.5 Å². The second-order valence-corrected chi connectivity index (χ2v) is 5.82. The van der Waals surface area contributed by atoms with Crippen LogP contribution in [0.1, 0.15) is 16.1 Å². The first-order chi connectivity index (χ1) is 11.1. The van der Waals surface area contributed by atoms with Crippen LogP contribution in [0.4, 0.5) is 14.5 Å². The number of carbonyl (C=O) groups is 1. The average molecular weight is 340 g/mol. The monoisotopic (exact) mass is 340 g/mol. The number of nitrogens with zero attached hydrogens (tertiary/aromatic N) is 3. The topological polar surface area (TPSA) is 67.4 Å². The van der Waals surface area contributed by atoms with Crippen LogP contribution in [0.2, 0.25) is 0 Å². The summed E-state index contributed by atoms with van der Waals surface area (Å²) in [6.07, 6.45) is 2.14. The Balaban J connectivity index is 1.65. The highest BCUT2D eigenvalue weighted by molar-refractivity contribution is 7.07. The minimum Gasteiger partial charge on any atom is -0.433 e. The van der Waals surface area contributed by atoms with Crippen molar-refractivity contribution in [3.05, 3.63) is 35.3 Å². The zero-order chi connectivity index (χ0) is 16.2. The maximum atomic E-state index is 12.5. The third-order valence-electron chi connectivity index (χ3n) is 3.53. The molecule has 1 saturated heterocycles. The van der Waals surface area contributed by atoms with Crippen LogP contribution in [0.3, 0.4) is 0 Å². The van der Waals surface area contributed by atoms with E-state index in [9.17, 15) is 13.6 Å². The standard InChI is InChI=1S/C14H14F2N4O2S/c15-14(16)22-11-4-2-1-3-10(11)20-6-5-9(8-20)18-13(21)12-7-17-19-23-12/h1-4,7,9,14H,5-6,8H2,(H,18,21). The summed E-state index contributed by atoms with van der Waals surface area (Å²) in [6.45, 7) is -1.69. The number of anilines is 1. The number of alkyl halides is 2. The molecule has 1 aliphatic heterocycles. The van der Waals surface area contributed by atoms with Crippen LogP contribution in [-0.2, 0) is 0 Å². The fourth-order valence-electron chi connectivity index (χ4n) is 2.53. The van der Waals surface area contributed by atoms with E-state index in [0.29, 0.717) is 23.7 Å². The summed E-state index contributed by atoms with van der Waals surface area (Å²) >= 11 is 1.03. The van der Waals surface area contributed by atoms with E-state index in [4.69, 9.17) is 0 Å². The minimum atomic E-state index is -2.87. The Labute approximate surface area is 135 Å². The van der Waals surface area contributed by atoms with Crippen LogP contribution in [0.25, 0.3) is 0 Å². The van der Waals surface area contributed by atoms with Crippen molar-refractivity contribution >= 4 is 23.1 Å². The van der Waals surface area contributed by atoms with Gasteiger partial charge in [0.1, 0.15) is 10.6 Å². The van der Waals surface area contributed by atoms with E-state index in [1.807, 2.05) is 4.90 Å². The summed E-state index contributed by atoms with van der Waals surface area (Å²) in [5.41, 5.74) is 0.601. The van der Waals surface area contributed by atoms with Crippen LogP contribution in [-0.4, -0.2) is 41.2 Å². The highest BCUT2D eigenvalue weighted by Gasteiger charge is 2.27. The molecule has 2 heterocycles. The largest absolute Gasteiger partial charge is 0.433 e. The molecule has 1 atom stereocenters. The predicted octanol–water partition coefficient (Wildman–Crippen LogP) is 2.15. The Morgan fingerprint density at radius 1 is 1.43 bits per heavy atom. The van der Waals surface area contributed by atoms with E-state index < -0.39 is 6.61 Å². The summed E-state index contributed by atoms with van der Waals surface area (Å²) in [5, 5.41) is 6.53. The Morgan fingerprint density at radius 3 is 3.00 bits per heavy atom. The molecule has 1 N–H and O–H groups in total. The molecule has 122 valence electrons. The van der Waals surface area contributed by atoms with E-state index >= 15 is 0 Å². The third kappa shape index (κ3) is 3.73. The second kappa shape index (κ2) is 6.86. The second-order valence-electron chi connectivity index (χ2n) is 5.03. The van der Waals surface area contributed by atoms with Gasteiger partial charge in [-0.05, 0) is 30.1 Å². The van der Waals surface area contributed by atoms with Gasteiger partial charge in [-0.3, -0.25) is 4.79 Å². The molecule has 9 heteroatoms. The number of amides is 1. The van der Waals surface area contributed by atoms with Gasteiger partial charge in [-0.1, -0.05) is 16.6 Å². The van der Waals surface area contributed by atoms with Crippen molar-refractivity contribution in [3.63, 3.8) is 0 Å². The third-order valence-corrected chi connectivity index (χ3v) is 4.19. The van der Waals surface area contributed by atoms with Crippen LogP contribution in [0, 0.1) is 0 Å². The van der Waals surface area contributed by atoms with Gasteiger partial charge in [0.05, 0.1) is 11.9 Å². The van der Waals surface area contributed by atoms with Crippen molar-refractivity contribution in [1.82, 2.24) is 14.9 Å². The fourth-order valence-corrected chi connectivity index (χ4v) is 2.95. The van der Waals surface area contributed by atoms with Gasteiger partial charge in [0, 0.05) is 19.1 Å². The van der Waals surface area contributed by atoms with Crippen molar-refractivity contribution in [2.24, 2.45) is 0 Å². The Bertz CT molecular complexity index is 669. The summed E-state index contributed by atoms with van der Waals surface area (Å²) in [7, 11) is 0. The SMILES string of the molecule is O=C(NC1CCN(c2ccccc2OC(F)F)C1)c1cnns1. The van der Waals surface area contributed by atoms with E-state index in [-0.39, 0.29) is 17.7 Å². The number of aromatic nitrogens is 2. The molecule has 23 heavy (non-hydrogen) atoms. The highest BCUT2D eigenvalue weighted by atomic mass is 32.1. The minimum absolute atomic E-state index is 0.0655. The molecule has 0 spiro atoms. The molecule has 0 radical (unpaired) electrons. The molecular formula is C14H14F2N4O2S. The number of para-hydroxylation sites is 2. The number of carbonyl (C=O) groups excluding carboxylic acids is 1. The predicted molar refractivity (Wildman–Crippen MR) is 81.1 cm³/mol. The van der Waals surface area contributed by atoms with Crippen LogP contribution < -0.4 is 15.0 Å². The Hall–Kier alpha value is -2.29. The van der Waals surface area contributed by atoms with Gasteiger partial charge in [-0.25, -0.2) is 0 Å². The summed E-state index contributed by atoms with van der Waals surface area (Å²) in [5.74, 6) is -0.0786. The molecule has 1 aliphatic rings. The molecular weight excluding hydrogens is 326 g/mol. The first-order valence-electron chi connectivity index (χ1n) is 7.00. The van der Waals surface area contributed by atoms with Gasteiger partial charge in [-0.15, -0.1) is 5.10 Å². The maximum absolute atomic E-state index is 12.5. The van der Waals surface area contributed by atoms with Crippen molar-refractivity contribution < 1.29 is 18.3 Å². The fraction of sp³-hybridized carbons (Fsp3) is 0.357. The summed E-state index contributed by atoms with van der Waals surface area (Å²) in [4.78, 5) is 14.4. The maximum Gasteiger partial charge on any atom is 0.387 e. The number of hydrogen-bond donors (Lipinski definition) is 1. The van der Waals surface area contributed by atoms with Gasteiger partial charge in [0.2, 0.25) is 0 Å². The summed E-state index contributed by atoms with van der Waals surface area (Å²) in [6, 6.07) is 6.59. The van der Waals surface area contributed by atoms with Crippen molar-refractivity contribution in [1.29, 1.82) is 0 Å². The Morgan fingerprint density at radius 2 is 2.26 bits per heavy atom. The van der Waals surface area contributed by atoms with Gasteiger partial charge < -0.3 is 15.0 Å². The van der Waals surface area contributed by atoms with E-state index in [1.165, 1.54) is 12.3 Å². The summed E-state index contributed by atoms with van der Waals surface area (Å²) < 4.78 is 33.2. The van der Waals surface area contributed by atoms with Crippen molar-refractivity contribution in [2.75, 3.05) is 18.0 Å². The zero-order valence-electron chi connectivity index (χ0n) is 12.0. The molecule has 3 rings (SSSR count). The van der Waals surface area contributed by atoms with Gasteiger partial charge >= 0.3 is 6.61 Å². The van der Waals surface area contributed by atoms with E-state index in [0.717, 1.165) is 18.0 Å². The first-order valence-corrected chi connectivity index (χ1v) is 7.78. The quantitative estimate of drug-likeness (QED) is 0.903. The van der Waals surface area contributed by atoms with Crippen molar-refractivity contribution in [3.8, 4) is 5.75 Å². The molecule has 0 saturated carbocycles. The van der Waals surface area contributed by atoms with E-state index in [1.54, 1.807) is 18.2 Å². The number of benzene rings is 1. The molecule has 1 aromatic carbocycles. The first kappa shape index (κ1) is 15.6. The number of nitrogens with one attached hydrogen (secondary N) is 1. The lowest BCUT2D eigenvalue weighted by molar-refractivity contribution is -0.0495. The number of hydrogen-bond acceptors (Lipinski definition) is 6. The van der Waals surface area contributed by atoms with Gasteiger partial charge in [0.15, 0.2) is 0 Å². The lowest BCUT2D eigenvalue weighted by Gasteiger charge is -2.21. The molecule has 2 aromatic rings. The lowest BCUT2D eigenvalue weighted by Crippen LogP contribution is -2.36. The van der Waals surface area contributed by atoms with Crippen molar-refractivity contribution in [2.45, 2.75) is 19.1 Å². The molecule has 1 amide bonds. The Kier molecular flexibility index (Phi) is 4.65. The van der Waals surface area contributed by atoms with Gasteiger partial charge in [0.25, 0.3) is 5.91 Å². The number of rotatable bonds is 5. The molecule has 1 fully saturated rings. The van der Waals surface area contributed by atoms with Gasteiger partial charge in [-0.2, -0.15) is 8.78 Å². The molecule has 1 unspecified atom stereocenters. The van der Waals surface area contributed by atoms with Crippen LogP contribution in [0.5, 0.6) is 5.75 Å². The number of ether oxygens (including phenoxy) is 1. The lowest BCUT2D eigenvalue weighted by atomic mass is 10.2. The normalized spacial score (nSPS) is 17.5. The molecule has 0 bridgehead atoms. The number of halogens is 2. The average Bonchev–Trinajstić information content (AvgIpc) is 3.18. The molecule has 6 nitrogen and oxygen atoms in total. The highest BCUT2D eigenvalue weighted by Crippen LogP contribution is 2.31. The smallest absolute Gasteiger partial charge is 0.387 e. The zero-order valence-corrected chi connectivity index (χ0v) is 12.8. The van der Waals surface area contributed by atoms with E-state index in [2.05, 4.69) is 19.6 Å². The molecule has 1 aromatic heterocycles. The molecule has 0 aliphatic carbocycles.